The second-order valence-corrected chi connectivity index (χ2v) is 2.46. The first-order valence-corrected chi connectivity index (χ1v) is 3.86. The van der Waals surface area contributed by atoms with Crippen molar-refractivity contribution in [3.8, 4) is 6.07 Å². The third kappa shape index (κ3) is 2.07. The lowest BCUT2D eigenvalue weighted by Gasteiger charge is -2.02. The van der Waals surface area contributed by atoms with Gasteiger partial charge in [-0.25, -0.2) is 4.98 Å². The zero-order valence-corrected chi connectivity index (χ0v) is 6.77. The number of aromatic nitrogens is 2. The van der Waals surface area contributed by atoms with Crippen LogP contribution in [-0.4, -0.2) is 14.7 Å². The number of unbranched alkanes of at least 4 members (excludes halogenated alkanes) is 1. The second-order valence-electron chi connectivity index (χ2n) is 2.46. The highest BCUT2D eigenvalue weighted by Crippen LogP contribution is 2.00. The molecule has 12 heavy (non-hydrogen) atoms. The zero-order valence-electron chi connectivity index (χ0n) is 6.77. The lowest BCUT2D eigenvalue weighted by molar-refractivity contribution is 0.264. The summed E-state index contributed by atoms with van der Waals surface area (Å²) in [5, 5.41) is 17.1. The Hall–Kier alpha value is -1.34. The van der Waals surface area contributed by atoms with Gasteiger partial charge in [-0.1, -0.05) is 0 Å². The Bertz CT molecular complexity index is 274. The van der Waals surface area contributed by atoms with Crippen LogP contribution in [0, 0.1) is 11.3 Å². The molecule has 64 valence electrons. The van der Waals surface area contributed by atoms with Crippen LogP contribution in [-0.2, 0) is 13.2 Å². The van der Waals surface area contributed by atoms with Crippen LogP contribution in [0.3, 0.4) is 0 Å². The predicted molar refractivity (Wildman–Crippen MR) is 43.0 cm³/mol. The summed E-state index contributed by atoms with van der Waals surface area (Å²) in [6.45, 7) is 0.711. The molecule has 0 bridgehead atoms. The molecule has 0 amide bonds. The van der Waals surface area contributed by atoms with Crippen LogP contribution < -0.4 is 0 Å². The third-order valence-corrected chi connectivity index (χ3v) is 1.63. The standard InChI is InChI=1S/C8H11N3O/c9-3-1-2-5-11-6-4-10-8(11)7-12/h4,6,12H,1-2,5,7H2. The first kappa shape index (κ1) is 8.75. The maximum atomic E-state index is 8.82. The minimum absolute atomic E-state index is 0.0421. The van der Waals surface area contributed by atoms with Crippen LogP contribution >= 0.6 is 0 Å². The quantitative estimate of drug-likeness (QED) is 0.667. The summed E-state index contributed by atoms with van der Waals surface area (Å²) in [7, 11) is 0. The minimum atomic E-state index is -0.0421. The summed E-state index contributed by atoms with van der Waals surface area (Å²) in [5.74, 6) is 0.660. The maximum absolute atomic E-state index is 8.82. The summed E-state index contributed by atoms with van der Waals surface area (Å²) in [4.78, 5) is 3.94. The van der Waals surface area contributed by atoms with Crippen molar-refractivity contribution in [2.75, 3.05) is 0 Å². The molecule has 4 heteroatoms. The summed E-state index contributed by atoms with van der Waals surface area (Å²) in [6.07, 6.45) is 4.81. The number of nitrogens with zero attached hydrogens (tertiary/aromatic N) is 3. The fourth-order valence-corrected chi connectivity index (χ4v) is 1.02. The molecule has 1 N–H and O–H groups in total. The van der Waals surface area contributed by atoms with Crippen molar-refractivity contribution >= 4 is 0 Å². The van der Waals surface area contributed by atoms with Gasteiger partial charge in [0.1, 0.15) is 12.4 Å². The lowest BCUT2D eigenvalue weighted by atomic mass is 10.3. The van der Waals surface area contributed by atoms with Gasteiger partial charge in [0.05, 0.1) is 6.07 Å². The van der Waals surface area contributed by atoms with Gasteiger partial charge in [0, 0.05) is 25.4 Å². The molecular formula is C8H11N3O. The van der Waals surface area contributed by atoms with E-state index < -0.39 is 0 Å². The molecule has 1 rings (SSSR count). The van der Waals surface area contributed by atoms with E-state index in [0.29, 0.717) is 12.2 Å². The van der Waals surface area contributed by atoms with Crippen LogP contribution in [0.4, 0.5) is 0 Å². The average Bonchev–Trinajstić information content (AvgIpc) is 2.52. The first-order chi connectivity index (χ1) is 5.88. The van der Waals surface area contributed by atoms with Gasteiger partial charge in [-0.15, -0.1) is 0 Å². The highest BCUT2D eigenvalue weighted by molar-refractivity contribution is 4.90. The summed E-state index contributed by atoms with van der Waals surface area (Å²) < 4.78 is 1.86. The van der Waals surface area contributed by atoms with Crippen molar-refractivity contribution < 1.29 is 5.11 Å². The number of rotatable bonds is 4. The molecule has 0 saturated carbocycles. The molecule has 1 aromatic heterocycles. The predicted octanol–water partition coefficient (Wildman–Crippen LogP) is 0.679. The van der Waals surface area contributed by atoms with E-state index in [-0.39, 0.29) is 6.61 Å². The topological polar surface area (TPSA) is 61.8 Å². The van der Waals surface area contributed by atoms with Crippen molar-refractivity contribution in [1.82, 2.24) is 9.55 Å². The van der Waals surface area contributed by atoms with Crippen molar-refractivity contribution in [2.45, 2.75) is 26.0 Å². The highest BCUT2D eigenvalue weighted by atomic mass is 16.3. The Morgan fingerprint density at radius 2 is 2.50 bits per heavy atom. The van der Waals surface area contributed by atoms with Gasteiger partial charge in [0.2, 0.25) is 0 Å². The Kier molecular flexibility index (Phi) is 3.30. The van der Waals surface area contributed by atoms with E-state index in [1.165, 1.54) is 0 Å². The summed E-state index contributed by atoms with van der Waals surface area (Å²) in [6, 6.07) is 2.07. The van der Waals surface area contributed by atoms with E-state index in [0.717, 1.165) is 13.0 Å². The van der Waals surface area contributed by atoms with Gasteiger partial charge in [-0.2, -0.15) is 5.26 Å². The number of aliphatic hydroxyl groups is 1. The average molecular weight is 165 g/mol. The molecule has 0 aliphatic rings. The number of hydrogen-bond acceptors (Lipinski definition) is 3. The zero-order chi connectivity index (χ0) is 8.81. The Labute approximate surface area is 71.1 Å². The number of nitriles is 1. The molecule has 0 aliphatic heterocycles. The van der Waals surface area contributed by atoms with E-state index in [4.69, 9.17) is 10.4 Å². The van der Waals surface area contributed by atoms with E-state index in [9.17, 15) is 0 Å². The summed E-state index contributed by atoms with van der Waals surface area (Å²) >= 11 is 0. The van der Waals surface area contributed by atoms with Gasteiger partial charge in [0.15, 0.2) is 0 Å². The largest absolute Gasteiger partial charge is 0.388 e. The van der Waals surface area contributed by atoms with E-state index in [1.807, 2.05) is 10.8 Å². The fraction of sp³-hybridized carbons (Fsp3) is 0.500. The molecule has 0 radical (unpaired) electrons. The van der Waals surface area contributed by atoms with E-state index in [1.54, 1.807) is 6.20 Å². The van der Waals surface area contributed by atoms with Gasteiger partial charge in [0.25, 0.3) is 0 Å². The van der Waals surface area contributed by atoms with E-state index >= 15 is 0 Å². The highest BCUT2D eigenvalue weighted by Gasteiger charge is 1.98. The Morgan fingerprint density at radius 3 is 3.17 bits per heavy atom. The van der Waals surface area contributed by atoms with Gasteiger partial charge in [-0.05, 0) is 6.42 Å². The van der Waals surface area contributed by atoms with Crippen molar-refractivity contribution in [1.29, 1.82) is 5.26 Å². The molecular weight excluding hydrogens is 154 g/mol. The van der Waals surface area contributed by atoms with E-state index in [2.05, 4.69) is 11.1 Å². The van der Waals surface area contributed by atoms with Crippen LogP contribution in [0.25, 0.3) is 0 Å². The molecule has 4 nitrogen and oxygen atoms in total. The minimum Gasteiger partial charge on any atom is -0.388 e. The number of aryl methyl sites for hydroxylation is 1. The third-order valence-electron chi connectivity index (χ3n) is 1.63. The number of imidazole rings is 1. The first-order valence-electron chi connectivity index (χ1n) is 3.86. The molecule has 0 unspecified atom stereocenters. The smallest absolute Gasteiger partial charge is 0.134 e. The molecule has 0 fully saturated rings. The van der Waals surface area contributed by atoms with Crippen LogP contribution in [0.15, 0.2) is 12.4 Å². The van der Waals surface area contributed by atoms with Crippen LogP contribution in [0.5, 0.6) is 0 Å². The van der Waals surface area contributed by atoms with Crippen LogP contribution in [0.2, 0.25) is 0 Å². The molecule has 0 spiro atoms. The van der Waals surface area contributed by atoms with Crippen molar-refractivity contribution in [3.05, 3.63) is 18.2 Å². The van der Waals surface area contributed by atoms with Gasteiger partial charge < -0.3 is 9.67 Å². The Morgan fingerprint density at radius 1 is 1.67 bits per heavy atom. The molecule has 1 aromatic rings. The lowest BCUT2D eigenvalue weighted by Crippen LogP contribution is -2.02. The van der Waals surface area contributed by atoms with Gasteiger partial charge in [-0.3, -0.25) is 0 Å². The normalized spacial score (nSPS) is 9.67. The van der Waals surface area contributed by atoms with Gasteiger partial charge >= 0.3 is 0 Å². The summed E-state index contributed by atoms with van der Waals surface area (Å²) in [5.41, 5.74) is 0. The second kappa shape index (κ2) is 4.52. The molecule has 0 aliphatic carbocycles. The Balaban J connectivity index is 2.46. The molecule has 0 aromatic carbocycles. The van der Waals surface area contributed by atoms with Crippen molar-refractivity contribution in [2.24, 2.45) is 0 Å². The number of aliphatic hydroxyl groups excluding tert-OH is 1. The fourth-order valence-electron chi connectivity index (χ4n) is 1.02. The number of hydrogen-bond donors (Lipinski definition) is 1. The SMILES string of the molecule is N#CCCCn1ccnc1CO. The molecule has 0 atom stereocenters. The molecule has 0 saturated heterocycles. The maximum Gasteiger partial charge on any atom is 0.134 e. The monoisotopic (exact) mass is 165 g/mol. The molecule has 1 heterocycles. The van der Waals surface area contributed by atoms with Crippen LogP contribution in [0.1, 0.15) is 18.7 Å². The van der Waals surface area contributed by atoms with Crippen molar-refractivity contribution in [3.63, 3.8) is 0 Å².